The van der Waals surface area contributed by atoms with E-state index in [1.165, 1.54) is 11.1 Å². The van der Waals surface area contributed by atoms with Crippen molar-refractivity contribution in [3.8, 4) is 0 Å². The maximum absolute atomic E-state index is 5.90. The van der Waals surface area contributed by atoms with Crippen LogP contribution >= 0.6 is 15.9 Å². The Labute approximate surface area is 110 Å². The van der Waals surface area contributed by atoms with Gasteiger partial charge in [-0.15, -0.1) is 0 Å². The van der Waals surface area contributed by atoms with Crippen LogP contribution in [0, 0.1) is 13.8 Å². The van der Waals surface area contributed by atoms with Crippen LogP contribution in [0.15, 0.2) is 40.9 Å². The third-order valence-corrected chi connectivity index (χ3v) is 3.93. The number of para-hydroxylation sites is 2. The highest BCUT2D eigenvalue weighted by Crippen LogP contribution is 2.28. The first-order chi connectivity index (χ1) is 8.08. The zero-order chi connectivity index (χ0) is 12.4. The van der Waals surface area contributed by atoms with Gasteiger partial charge < -0.3 is 11.1 Å². The predicted molar refractivity (Wildman–Crippen MR) is 77.8 cm³/mol. The summed E-state index contributed by atoms with van der Waals surface area (Å²) in [5, 5.41) is 3.34. The average molecular weight is 291 g/mol. The van der Waals surface area contributed by atoms with E-state index in [4.69, 9.17) is 5.73 Å². The number of hydrogen-bond acceptors (Lipinski definition) is 2. The van der Waals surface area contributed by atoms with Crippen LogP contribution < -0.4 is 11.1 Å². The molecule has 3 N–H and O–H groups in total. The van der Waals surface area contributed by atoms with Crippen LogP contribution in [0.25, 0.3) is 0 Å². The maximum atomic E-state index is 5.90. The second-order valence-electron chi connectivity index (χ2n) is 4.14. The van der Waals surface area contributed by atoms with Crippen molar-refractivity contribution in [2.24, 2.45) is 0 Å². The molecule has 0 fully saturated rings. The lowest BCUT2D eigenvalue weighted by molar-refractivity contribution is 1.33. The van der Waals surface area contributed by atoms with Gasteiger partial charge in [0.25, 0.3) is 0 Å². The summed E-state index contributed by atoms with van der Waals surface area (Å²) in [5.41, 5.74) is 11.1. The molecule has 88 valence electrons. The van der Waals surface area contributed by atoms with E-state index in [0.717, 1.165) is 21.5 Å². The fraction of sp³-hybridized carbons (Fsp3) is 0.143. The van der Waals surface area contributed by atoms with Crippen LogP contribution in [0.3, 0.4) is 0 Å². The third kappa shape index (κ3) is 2.61. The number of nitrogens with one attached hydrogen (secondary N) is 1. The highest BCUT2D eigenvalue weighted by atomic mass is 79.9. The number of nitrogens with two attached hydrogens (primary N) is 1. The Morgan fingerprint density at radius 2 is 1.65 bits per heavy atom. The Kier molecular flexibility index (Phi) is 3.38. The number of hydrogen-bond donors (Lipinski definition) is 2. The quantitative estimate of drug-likeness (QED) is 0.805. The minimum Gasteiger partial charge on any atom is -0.397 e. The van der Waals surface area contributed by atoms with Gasteiger partial charge >= 0.3 is 0 Å². The Balaban J connectivity index is 2.34. The third-order valence-electron chi connectivity index (χ3n) is 2.68. The van der Waals surface area contributed by atoms with Crippen LogP contribution in [-0.2, 0) is 0 Å². The number of nitrogen functional groups attached to an aromatic ring is 1. The van der Waals surface area contributed by atoms with Gasteiger partial charge in [-0.25, -0.2) is 0 Å². The molecule has 0 aliphatic rings. The standard InChI is InChI=1S/C14H15BrN2/c1-9-7-11(8-10(2)14(9)15)17-13-6-4-3-5-12(13)16/h3-8,17H,16H2,1-2H3. The van der Waals surface area contributed by atoms with E-state index in [-0.39, 0.29) is 0 Å². The van der Waals surface area contributed by atoms with Gasteiger partial charge in [-0.3, -0.25) is 0 Å². The van der Waals surface area contributed by atoms with Gasteiger partial charge in [-0.2, -0.15) is 0 Å². The molecule has 0 atom stereocenters. The number of aryl methyl sites for hydroxylation is 2. The minimum atomic E-state index is 0.755. The smallest absolute Gasteiger partial charge is 0.0617 e. The maximum Gasteiger partial charge on any atom is 0.0617 e. The summed E-state index contributed by atoms with van der Waals surface area (Å²) in [6, 6.07) is 12.0. The molecule has 0 radical (unpaired) electrons. The van der Waals surface area contributed by atoms with Crippen LogP contribution in [0.1, 0.15) is 11.1 Å². The monoisotopic (exact) mass is 290 g/mol. The van der Waals surface area contributed by atoms with Crippen LogP contribution in [-0.4, -0.2) is 0 Å². The summed E-state index contributed by atoms with van der Waals surface area (Å²) < 4.78 is 1.16. The molecule has 3 heteroatoms. The Hall–Kier alpha value is -1.48. The molecule has 0 bridgehead atoms. The van der Waals surface area contributed by atoms with E-state index >= 15 is 0 Å². The highest BCUT2D eigenvalue weighted by Gasteiger charge is 2.03. The summed E-state index contributed by atoms with van der Waals surface area (Å²) in [6.45, 7) is 4.16. The zero-order valence-corrected chi connectivity index (χ0v) is 11.5. The molecule has 2 nitrogen and oxygen atoms in total. The van der Waals surface area contributed by atoms with E-state index < -0.39 is 0 Å². The lowest BCUT2D eigenvalue weighted by atomic mass is 10.1. The molecule has 0 unspecified atom stereocenters. The van der Waals surface area contributed by atoms with Gasteiger partial charge in [0.1, 0.15) is 0 Å². The van der Waals surface area contributed by atoms with Gasteiger partial charge in [0.2, 0.25) is 0 Å². The summed E-state index contributed by atoms with van der Waals surface area (Å²) in [5.74, 6) is 0. The van der Waals surface area contributed by atoms with E-state index in [0.29, 0.717) is 0 Å². The van der Waals surface area contributed by atoms with Crippen molar-refractivity contribution in [3.05, 3.63) is 52.0 Å². The number of benzene rings is 2. The van der Waals surface area contributed by atoms with Crippen molar-refractivity contribution in [1.29, 1.82) is 0 Å². The molecular weight excluding hydrogens is 276 g/mol. The molecule has 0 aliphatic carbocycles. The average Bonchev–Trinajstić information content (AvgIpc) is 2.29. The normalized spacial score (nSPS) is 10.3. The van der Waals surface area contributed by atoms with Crippen molar-refractivity contribution in [1.82, 2.24) is 0 Å². The second-order valence-corrected chi connectivity index (χ2v) is 4.93. The van der Waals surface area contributed by atoms with E-state index in [1.807, 2.05) is 24.3 Å². The number of anilines is 3. The first kappa shape index (κ1) is 12.0. The van der Waals surface area contributed by atoms with Gasteiger partial charge in [-0.05, 0) is 49.2 Å². The summed E-state index contributed by atoms with van der Waals surface area (Å²) in [6.07, 6.45) is 0. The van der Waals surface area contributed by atoms with E-state index in [1.54, 1.807) is 0 Å². The van der Waals surface area contributed by atoms with Gasteiger partial charge in [0, 0.05) is 10.2 Å². The second kappa shape index (κ2) is 4.80. The van der Waals surface area contributed by atoms with Crippen molar-refractivity contribution < 1.29 is 0 Å². The summed E-state index contributed by atoms with van der Waals surface area (Å²) in [7, 11) is 0. The lowest BCUT2D eigenvalue weighted by Crippen LogP contribution is -1.97. The molecule has 0 heterocycles. The Bertz CT molecular complexity index is 527. The first-order valence-corrected chi connectivity index (χ1v) is 6.25. The molecule has 2 aromatic rings. The number of rotatable bonds is 2. The topological polar surface area (TPSA) is 38.0 Å². The largest absolute Gasteiger partial charge is 0.397 e. The first-order valence-electron chi connectivity index (χ1n) is 5.46. The van der Waals surface area contributed by atoms with E-state index in [2.05, 4.69) is 47.2 Å². The SMILES string of the molecule is Cc1cc(Nc2ccccc2N)cc(C)c1Br. The molecule has 0 saturated carbocycles. The molecule has 17 heavy (non-hydrogen) atoms. The highest BCUT2D eigenvalue weighted by molar-refractivity contribution is 9.10. The Morgan fingerprint density at radius 1 is 1.06 bits per heavy atom. The fourth-order valence-electron chi connectivity index (χ4n) is 1.78. The molecule has 0 aliphatic heterocycles. The summed E-state index contributed by atoms with van der Waals surface area (Å²) in [4.78, 5) is 0. The lowest BCUT2D eigenvalue weighted by Gasteiger charge is -2.12. The van der Waals surface area contributed by atoms with Gasteiger partial charge in [-0.1, -0.05) is 28.1 Å². The molecule has 0 amide bonds. The van der Waals surface area contributed by atoms with Crippen LogP contribution in [0.4, 0.5) is 17.1 Å². The molecule has 0 saturated heterocycles. The minimum absolute atomic E-state index is 0.755. The van der Waals surface area contributed by atoms with E-state index in [9.17, 15) is 0 Å². The van der Waals surface area contributed by atoms with Gasteiger partial charge in [0.15, 0.2) is 0 Å². The molecule has 2 aromatic carbocycles. The van der Waals surface area contributed by atoms with Crippen molar-refractivity contribution in [2.75, 3.05) is 11.1 Å². The molecule has 0 aromatic heterocycles. The Morgan fingerprint density at radius 3 is 2.24 bits per heavy atom. The van der Waals surface area contributed by atoms with Crippen molar-refractivity contribution >= 4 is 33.0 Å². The number of halogens is 1. The van der Waals surface area contributed by atoms with Gasteiger partial charge in [0.05, 0.1) is 11.4 Å². The summed E-state index contributed by atoms with van der Waals surface area (Å²) >= 11 is 3.56. The fourth-order valence-corrected chi connectivity index (χ4v) is 2.01. The molecule has 0 spiro atoms. The molecule has 2 rings (SSSR count). The van der Waals surface area contributed by atoms with Crippen LogP contribution in [0.2, 0.25) is 0 Å². The van der Waals surface area contributed by atoms with Crippen molar-refractivity contribution in [3.63, 3.8) is 0 Å². The van der Waals surface area contributed by atoms with Crippen LogP contribution in [0.5, 0.6) is 0 Å². The predicted octanol–water partition coefficient (Wildman–Crippen LogP) is 4.39. The zero-order valence-electron chi connectivity index (χ0n) is 9.92. The van der Waals surface area contributed by atoms with Crippen molar-refractivity contribution in [2.45, 2.75) is 13.8 Å². The molecular formula is C14H15BrN2.